The Bertz CT molecular complexity index is 222. The molecule has 4 heteroatoms. The highest BCUT2D eigenvalue weighted by atomic mass is 32.1. The van der Waals surface area contributed by atoms with Crippen molar-refractivity contribution in [3.8, 4) is 0 Å². The highest BCUT2D eigenvalue weighted by Gasteiger charge is 1.93. The van der Waals surface area contributed by atoms with Crippen molar-refractivity contribution in [3.63, 3.8) is 0 Å². The molecule has 0 fully saturated rings. The second-order valence-corrected chi connectivity index (χ2v) is 2.86. The van der Waals surface area contributed by atoms with Crippen molar-refractivity contribution in [2.24, 2.45) is 0 Å². The molecule has 1 aromatic heterocycles. The molecule has 12 heavy (non-hydrogen) atoms. The van der Waals surface area contributed by atoms with Gasteiger partial charge in [0.15, 0.2) is 0 Å². The summed E-state index contributed by atoms with van der Waals surface area (Å²) in [5.74, 6) is 1.62. The molecule has 0 radical (unpaired) electrons. The van der Waals surface area contributed by atoms with Gasteiger partial charge in [-0.3, -0.25) is 0 Å². The molecule has 0 saturated heterocycles. The van der Waals surface area contributed by atoms with Crippen molar-refractivity contribution < 1.29 is 0 Å². The molecule has 1 rings (SSSR count). The average Bonchev–Trinajstić information content (AvgIpc) is 2.15. The summed E-state index contributed by atoms with van der Waals surface area (Å²) in [6, 6.07) is 3.92. The lowest BCUT2D eigenvalue weighted by Gasteiger charge is -2.01. The lowest BCUT2D eigenvalue weighted by atomic mass is 10.3. The number of nitrogens with one attached hydrogen (secondary N) is 1. The fourth-order valence-corrected chi connectivity index (χ4v) is 0.939. The van der Waals surface area contributed by atoms with Gasteiger partial charge in [0.1, 0.15) is 5.82 Å². The number of aryl methyl sites for hydroxylation is 1. The van der Waals surface area contributed by atoms with E-state index in [0.717, 1.165) is 30.2 Å². The van der Waals surface area contributed by atoms with Crippen molar-refractivity contribution in [1.82, 2.24) is 10.2 Å². The average molecular weight is 183 g/mol. The van der Waals surface area contributed by atoms with Gasteiger partial charge in [0.25, 0.3) is 0 Å². The molecule has 3 nitrogen and oxygen atoms in total. The van der Waals surface area contributed by atoms with E-state index < -0.39 is 0 Å². The molecule has 0 bridgehead atoms. The molecule has 1 aromatic rings. The second kappa shape index (κ2) is 4.98. The Morgan fingerprint density at radius 1 is 1.42 bits per heavy atom. The lowest BCUT2D eigenvalue weighted by Crippen LogP contribution is -2.05. The van der Waals surface area contributed by atoms with Crippen molar-refractivity contribution in [2.45, 2.75) is 13.3 Å². The van der Waals surface area contributed by atoms with Crippen molar-refractivity contribution in [3.05, 3.63) is 17.8 Å². The first-order chi connectivity index (χ1) is 5.86. The Hall–Kier alpha value is -0.770. The lowest BCUT2D eigenvalue weighted by molar-refractivity contribution is 0.916. The number of hydrogen-bond acceptors (Lipinski definition) is 4. The van der Waals surface area contributed by atoms with Crippen LogP contribution in [0.3, 0.4) is 0 Å². The molecule has 0 aliphatic carbocycles. The van der Waals surface area contributed by atoms with Crippen LogP contribution in [0.15, 0.2) is 12.1 Å². The third-order valence-electron chi connectivity index (χ3n) is 1.50. The Morgan fingerprint density at radius 3 is 2.75 bits per heavy atom. The van der Waals surface area contributed by atoms with E-state index in [4.69, 9.17) is 0 Å². The molecule has 0 saturated carbocycles. The zero-order chi connectivity index (χ0) is 8.81. The number of rotatable bonds is 4. The third-order valence-corrected chi connectivity index (χ3v) is 1.72. The molecule has 0 spiro atoms. The number of aromatic nitrogens is 2. The fraction of sp³-hybridized carbons (Fsp3) is 0.500. The molecule has 1 N–H and O–H groups in total. The first-order valence-electron chi connectivity index (χ1n) is 4.04. The topological polar surface area (TPSA) is 37.8 Å². The van der Waals surface area contributed by atoms with Crippen LogP contribution in [0.5, 0.6) is 0 Å². The van der Waals surface area contributed by atoms with Gasteiger partial charge in [-0.2, -0.15) is 17.7 Å². The maximum absolute atomic E-state index is 4.08. The minimum atomic E-state index is 0.803. The Kier molecular flexibility index (Phi) is 3.87. The van der Waals surface area contributed by atoms with Gasteiger partial charge >= 0.3 is 0 Å². The molecule has 0 aliphatic rings. The molecule has 66 valence electrons. The van der Waals surface area contributed by atoms with Crippen LogP contribution in [-0.4, -0.2) is 22.5 Å². The van der Waals surface area contributed by atoms with E-state index in [2.05, 4.69) is 35.1 Å². The Morgan fingerprint density at radius 2 is 2.25 bits per heavy atom. The minimum Gasteiger partial charge on any atom is -0.368 e. The summed E-state index contributed by atoms with van der Waals surface area (Å²) in [5.41, 5.74) is 1.02. The van der Waals surface area contributed by atoms with E-state index >= 15 is 0 Å². The van der Waals surface area contributed by atoms with Gasteiger partial charge in [-0.15, -0.1) is 5.10 Å². The van der Waals surface area contributed by atoms with E-state index in [-0.39, 0.29) is 0 Å². The maximum atomic E-state index is 4.08. The van der Waals surface area contributed by atoms with E-state index in [1.807, 2.05) is 12.1 Å². The van der Waals surface area contributed by atoms with Crippen molar-refractivity contribution in [1.29, 1.82) is 0 Å². The second-order valence-electron chi connectivity index (χ2n) is 2.41. The van der Waals surface area contributed by atoms with E-state index in [9.17, 15) is 0 Å². The number of anilines is 1. The van der Waals surface area contributed by atoms with Crippen LogP contribution in [0.4, 0.5) is 5.82 Å². The standard InChI is InChI=1S/C8H13N3S/c1-2-7-3-4-8(11-10-7)9-5-6-12/h3-4,12H,2,5-6H2,1H3,(H,9,11). The maximum Gasteiger partial charge on any atom is 0.148 e. The number of thiol groups is 1. The fourth-order valence-electron chi connectivity index (χ4n) is 0.827. The molecule has 0 amide bonds. The van der Waals surface area contributed by atoms with Crippen LogP contribution in [-0.2, 0) is 6.42 Å². The third kappa shape index (κ3) is 2.70. The zero-order valence-electron chi connectivity index (χ0n) is 7.12. The summed E-state index contributed by atoms with van der Waals surface area (Å²) in [6.07, 6.45) is 0.930. The molecule has 0 aromatic carbocycles. The first-order valence-corrected chi connectivity index (χ1v) is 4.67. The predicted molar refractivity (Wildman–Crippen MR) is 53.8 cm³/mol. The summed E-state index contributed by atoms with van der Waals surface area (Å²) in [6.45, 7) is 2.88. The molecule has 0 aliphatic heterocycles. The van der Waals surface area contributed by atoms with Gasteiger partial charge in [0.2, 0.25) is 0 Å². The number of hydrogen-bond donors (Lipinski definition) is 2. The first kappa shape index (κ1) is 9.32. The molecule has 1 heterocycles. The van der Waals surface area contributed by atoms with Crippen molar-refractivity contribution >= 4 is 18.4 Å². The van der Waals surface area contributed by atoms with E-state index in [1.54, 1.807) is 0 Å². The summed E-state index contributed by atoms with van der Waals surface area (Å²) >= 11 is 4.08. The predicted octanol–water partition coefficient (Wildman–Crippen LogP) is 1.38. The highest BCUT2D eigenvalue weighted by Crippen LogP contribution is 2.01. The Balaban J connectivity index is 2.53. The van der Waals surface area contributed by atoms with Gasteiger partial charge in [-0.25, -0.2) is 0 Å². The van der Waals surface area contributed by atoms with E-state index in [1.165, 1.54) is 0 Å². The monoisotopic (exact) mass is 183 g/mol. The van der Waals surface area contributed by atoms with Gasteiger partial charge < -0.3 is 5.32 Å². The molecule has 0 atom stereocenters. The van der Waals surface area contributed by atoms with Crippen LogP contribution in [0.1, 0.15) is 12.6 Å². The quantitative estimate of drug-likeness (QED) is 0.693. The normalized spacial score (nSPS) is 9.83. The van der Waals surface area contributed by atoms with Crippen LogP contribution in [0.2, 0.25) is 0 Å². The number of nitrogens with zero attached hydrogens (tertiary/aromatic N) is 2. The van der Waals surface area contributed by atoms with Crippen LogP contribution >= 0.6 is 12.6 Å². The summed E-state index contributed by atoms with van der Waals surface area (Å²) in [5, 5.41) is 11.1. The SMILES string of the molecule is CCc1ccc(NCCS)nn1. The summed E-state index contributed by atoms with van der Waals surface area (Å²) < 4.78 is 0. The van der Waals surface area contributed by atoms with Crippen LogP contribution in [0, 0.1) is 0 Å². The minimum absolute atomic E-state index is 0.803. The van der Waals surface area contributed by atoms with Gasteiger partial charge in [-0.1, -0.05) is 6.92 Å². The molecular formula is C8H13N3S. The Labute approximate surface area is 78.0 Å². The largest absolute Gasteiger partial charge is 0.368 e. The highest BCUT2D eigenvalue weighted by molar-refractivity contribution is 7.80. The molecule has 0 unspecified atom stereocenters. The van der Waals surface area contributed by atoms with Gasteiger partial charge in [0.05, 0.1) is 5.69 Å². The van der Waals surface area contributed by atoms with E-state index in [0.29, 0.717) is 0 Å². The van der Waals surface area contributed by atoms with Crippen LogP contribution in [0.25, 0.3) is 0 Å². The van der Waals surface area contributed by atoms with Crippen LogP contribution < -0.4 is 5.32 Å². The molecular weight excluding hydrogens is 170 g/mol. The summed E-state index contributed by atoms with van der Waals surface area (Å²) in [4.78, 5) is 0. The van der Waals surface area contributed by atoms with Crippen molar-refractivity contribution in [2.75, 3.05) is 17.6 Å². The summed E-state index contributed by atoms with van der Waals surface area (Å²) in [7, 11) is 0. The smallest absolute Gasteiger partial charge is 0.148 e. The van der Waals surface area contributed by atoms with Gasteiger partial charge in [-0.05, 0) is 18.6 Å². The van der Waals surface area contributed by atoms with Gasteiger partial charge in [0, 0.05) is 12.3 Å². The zero-order valence-corrected chi connectivity index (χ0v) is 8.01.